The second-order valence-corrected chi connectivity index (χ2v) is 4.10. The van der Waals surface area contributed by atoms with E-state index in [9.17, 15) is 0 Å². The van der Waals surface area contributed by atoms with Crippen LogP contribution in [0.2, 0.25) is 0 Å². The second-order valence-electron chi connectivity index (χ2n) is 4.10. The number of nitrogens with two attached hydrogens (primary N) is 1. The lowest BCUT2D eigenvalue weighted by atomic mass is 10.1. The van der Waals surface area contributed by atoms with Crippen LogP contribution in [-0.4, -0.2) is 24.7 Å². The van der Waals surface area contributed by atoms with E-state index in [4.69, 9.17) is 10.5 Å². The lowest BCUT2D eigenvalue weighted by Crippen LogP contribution is -2.06. The van der Waals surface area contributed by atoms with Gasteiger partial charge < -0.3 is 15.8 Å². The molecule has 1 heterocycles. The number of nitrogens with zero attached hydrogens (tertiary/aromatic N) is 1. The molecule has 0 fully saturated rings. The van der Waals surface area contributed by atoms with E-state index in [0.29, 0.717) is 0 Å². The van der Waals surface area contributed by atoms with Crippen LogP contribution in [-0.2, 0) is 4.74 Å². The summed E-state index contributed by atoms with van der Waals surface area (Å²) in [5.41, 5.74) is 7.79. The molecule has 0 atom stereocenters. The summed E-state index contributed by atoms with van der Waals surface area (Å²) in [5, 5.41) is 5.52. The number of rotatable bonds is 6. The van der Waals surface area contributed by atoms with Gasteiger partial charge in [-0.05, 0) is 31.5 Å². The summed E-state index contributed by atoms with van der Waals surface area (Å²) < 4.78 is 5.31. The third kappa shape index (κ3) is 2.90. The predicted octanol–water partition coefficient (Wildman–Crippen LogP) is 2.66. The molecular weight excluding hydrogens is 226 g/mol. The van der Waals surface area contributed by atoms with Crippen LogP contribution in [0.4, 0.5) is 11.4 Å². The average Bonchev–Trinajstić information content (AvgIpc) is 2.41. The molecule has 2 rings (SSSR count). The third-order valence-electron chi connectivity index (χ3n) is 2.84. The summed E-state index contributed by atoms with van der Waals surface area (Å²) >= 11 is 0. The number of anilines is 2. The van der Waals surface area contributed by atoms with Gasteiger partial charge in [-0.2, -0.15) is 0 Å². The Balaban J connectivity index is 2.07. The minimum Gasteiger partial charge on any atom is -0.398 e. The molecule has 2 aromatic rings. The Kier molecular flexibility index (Phi) is 4.36. The Labute approximate surface area is 107 Å². The monoisotopic (exact) mass is 245 g/mol. The van der Waals surface area contributed by atoms with Gasteiger partial charge in [0.05, 0.1) is 0 Å². The first kappa shape index (κ1) is 12.6. The third-order valence-corrected chi connectivity index (χ3v) is 2.84. The van der Waals surface area contributed by atoms with Gasteiger partial charge in [-0.25, -0.2) is 0 Å². The average molecular weight is 245 g/mol. The second kappa shape index (κ2) is 6.21. The number of aromatic nitrogens is 1. The van der Waals surface area contributed by atoms with Crippen molar-refractivity contribution in [3.8, 4) is 0 Å². The summed E-state index contributed by atoms with van der Waals surface area (Å²) in [6.07, 6.45) is 4.58. The van der Waals surface area contributed by atoms with Crippen molar-refractivity contribution in [3.05, 3.63) is 30.6 Å². The molecule has 0 saturated carbocycles. The highest BCUT2D eigenvalue weighted by Gasteiger charge is 2.03. The number of benzene rings is 1. The zero-order valence-corrected chi connectivity index (χ0v) is 10.6. The van der Waals surface area contributed by atoms with E-state index < -0.39 is 0 Å². The van der Waals surface area contributed by atoms with Crippen molar-refractivity contribution in [1.82, 2.24) is 4.98 Å². The molecule has 0 spiro atoms. The fraction of sp³-hybridized carbons (Fsp3) is 0.357. The zero-order valence-electron chi connectivity index (χ0n) is 10.6. The standard InChI is InChI=1S/C14H19N3O/c1-2-18-9-3-7-17-14-5-4-13(15)12-10-16-8-6-11(12)14/h4-6,8,10,17H,2-3,7,9,15H2,1H3. The van der Waals surface area contributed by atoms with Gasteiger partial charge in [0.15, 0.2) is 0 Å². The molecule has 0 bridgehead atoms. The topological polar surface area (TPSA) is 60.2 Å². The highest BCUT2D eigenvalue weighted by molar-refractivity contribution is 6.00. The van der Waals surface area contributed by atoms with Crippen molar-refractivity contribution in [2.24, 2.45) is 0 Å². The largest absolute Gasteiger partial charge is 0.398 e. The first-order valence-corrected chi connectivity index (χ1v) is 6.26. The van der Waals surface area contributed by atoms with Gasteiger partial charge in [-0.3, -0.25) is 4.98 Å². The van der Waals surface area contributed by atoms with Crippen LogP contribution >= 0.6 is 0 Å². The van der Waals surface area contributed by atoms with Gasteiger partial charge >= 0.3 is 0 Å². The van der Waals surface area contributed by atoms with Crippen LogP contribution in [0.25, 0.3) is 10.8 Å². The van der Waals surface area contributed by atoms with Crippen molar-refractivity contribution >= 4 is 22.1 Å². The molecule has 4 nitrogen and oxygen atoms in total. The summed E-state index contributed by atoms with van der Waals surface area (Å²) in [4.78, 5) is 4.11. The Bertz CT molecular complexity index is 513. The Hall–Kier alpha value is -1.81. The molecule has 4 heteroatoms. The Morgan fingerprint density at radius 3 is 3.00 bits per heavy atom. The summed E-state index contributed by atoms with van der Waals surface area (Å²) in [6, 6.07) is 5.91. The van der Waals surface area contributed by atoms with Gasteiger partial charge in [0.1, 0.15) is 0 Å². The van der Waals surface area contributed by atoms with Crippen molar-refractivity contribution in [3.63, 3.8) is 0 Å². The lowest BCUT2D eigenvalue weighted by Gasteiger charge is -2.11. The molecule has 0 aliphatic rings. The van der Waals surface area contributed by atoms with Gasteiger partial charge in [0, 0.05) is 54.3 Å². The van der Waals surface area contributed by atoms with Gasteiger partial charge in [0.2, 0.25) is 0 Å². The van der Waals surface area contributed by atoms with E-state index in [1.807, 2.05) is 25.1 Å². The van der Waals surface area contributed by atoms with Crippen LogP contribution in [0.1, 0.15) is 13.3 Å². The maximum absolute atomic E-state index is 5.93. The molecule has 96 valence electrons. The quantitative estimate of drug-likeness (QED) is 0.606. The SMILES string of the molecule is CCOCCCNc1ccc(N)c2cnccc12. The van der Waals surface area contributed by atoms with Crippen molar-refractivity contribution < 1.29 is 4.74 Å². The molecule has 0 aliphatic carbocycles. The van der Waals surface area contributed by atoms with Crippen molar-refractivity contribution in [2.45, 2.75) is 13.3 Å². The van der Waals surface area contributed by atoms with Gasteiger partial charge in [-0.15, -0.1) is 0 Å². The van der Waals surface area contributed by atoms with E-state index in [2.05, 4.69) is 10.3 Å². The summed E-state index contributed by atoms with van der Waals surface area (Å²) in [7, 11) is 0. The number of ether oxygens (including phenoxy) is 1. The lowest BCUT2D eigenvalue weighted by molar-refractivity contribution is 0.147. The van der Waals surface area contributed by atoms with Crippen LogP contribution in [0.15, 0.2) is 30.6 Å². The maximum Gasteiger partial charge on any atom is 0.0482 e. The van der Waals surface area contributed by atoms with Gasteiger partial charge in [-0.1, -0.05) is 0 Å². The predicted molar refractivity (Wildman–Crippen MR) is 75.8 cm³/mol. The van der Waals surface area contributed by atoms with Crippen LogP contribution < -0.4 is 11.1 Å². The van der Waals surface area contributed by atoms with E-state index in [1.165, 1.54) is 0 Å². The minimum absolute atomic E-state index is 0.762. The molecular formula is C14H19N3O. The van der Waals surface area contributed by atoms with Crippen molar-refractivity contribution in [1.29, 1.82) is 0 Å². The first-order chi connectivity index (χ1) is 8.83. The van der Waals surface area contributed by atoms with Crippen LogP contribution in [0.5, 0.6) is 0 Å². The zero-order chi connectivity index (χ0) is 12.8. The van der Waals surface area contributed by atoms with Crippen LogP contribution in [0.3, 0.4) is 0 Å². The van der Waals surface area contributed by atoms with Gasteiger partial charge in [0.25, 0.3) is 0 Å². The Morgan fingerprint density at radius 1 is 1.28 bits per heavy atom. The minimum atomic E-state index is 0.762. The van der Waals surface area contributed by atoms with E-state index in [-0.39, 0.29) is 0 Å². The number of pyridine rings is 1. The van der Waals surface area contributed by atoms with E-state index in [0.717, 1.165) is 48.3 Å². The molecule has 0 unspecified atom stereocenters. The molecule has 0 radical (unpaired) electrons. The molecule has 0 aliphatic heterocycles. The number of hydrogen-bond donors (Lipinski definition) is 2. The highest BCUT2D eigenvalue weighted by Crippen LogP contribution is 2.27. The Morgan fingerprint density at radius 2 is 2.17 bits per heavy atom. The molecule has 18 heavy (non-hydrogen) atoms. The molecule has 0 saturated heterocycles. The fourth-order valence-electron chi connectivity index (χ4n) is 1.91. The summed E-state index contributed by atoms with van der Waals surface area (Å²) in [6.45, 7) is 4.46. The molecule has 1 aromatic heterocycles. The van der Waals surface area contributed by atoms with Crippen molar-refractivity contribution in [2.75, 3.05) is 30.8 Å². The number of nitrogen functional groups attached to an aromatic ring is 1. The van der Waals surface area contributed by atoms with Crippen LogP contribution in [0, 0.1) is 0 Å². The highest BCUT2D eigenvalue weighted by atomic mass is 16.5. The normalized spacial score (nSPS) is 10.7. The fourth-order valence-corrected chi connectivity index (χ4v) is 1.91. The smallest absolute Gasteiger partial charge is 0.0482 e. The maximum atomic E-state index is 5.93. The molecule has 1 aromatic carbocycles. The van der Waals surface area contributed by atoms with E-state index in [1.54, 1.807) is 12.4 Å². The number of hydrogen-bond acceptors (Lipinski definition) is 4. The molecule has 3 N–H and O–H groups in total. The van der Waals surface area contributed by atoms with E-state index >= 15 is 0 Å². The summed E-state index contributed by atoms with van der Waals surface area (Å²) in [5.74, 6) is 0. The molecule has 0 amide bonds. The first-order valence-electron chi connectivity index (χ1n) is 6.26. The number of fused-ring (bicyclic) bond motifs is 1. The number of nitrogens with one attached hydrogen (secondary N) is 1.